The number of benzene rings is 1. The van der Waals surface area contributed by atoms with Crippen LogP contribution in [0, 0.1) is 11.3 Å². The summed E-state index contributed by atoms with van der Waals surface area (Å²) in [7, 11) is -4.00. The lowest BCUT2D eigenvalue weighted by Crippen LogP contribution is -2.25. The van der Waals surface area contributed by atoms with Crippen LogP contribution < -0.4 is 5.32 Å². The number of hydrogen-bond acceptors (Lipinski definition) is 8. The third-order valence-corrected chi connectivity index (χ3v) is 7.65. The van der Waals surface area contributed by atoms with Gasteiger partial charge in [0.25, 0.3) is 0 Å². The maximum Gasteiger partial charge on any atom is 0.477 e. The van der Waals surface area contributed by atoms with Gasteiger partial charge in [-0.3, -0.25) is 18.4 Å². The Morgan fingerprint density at radius 3 is 2.40 bits per heavy atom. The van der Waals surface area contributed by atoms with Crippen LogP contribution in [0.4, 0.5) is 5.69 Å². The molecule has 3 aromatic heterocycles. The summed E-state index contributed by atoms with van der Waals surface area (Å²) in [6, 6.07) is 14.9. The van der Waals surface area contributed by atoms with Gasteiger partial charge in [0, 0.05) is 40.8 Å². The predicted molar refractivity (Wildman–Crippen MR) is 162 cm³/mol. The second-order valence-electron chi connectivity index (χ2n) is 11.5. The number of pyridine rings is 2. The minimum absolute atomic E-state index is 0.175. The van der Waals surface area contributed by atoms with Crippen LogP contribution in [0.15, 0.2) is 73.7 Å². The lowest BCUT2D eigenvalue weighted by Gasteiger charge is -2.30. The van der Waals surface area contributed by atoms with Crippen molar-refractivity contribution in [3.63, 3.8) is 0 Å². The Labute approximate surface area is 245 Å². The number of carbonyl (C=O) groups excluding carboxylic acids is 1. The molecule has 4 rings (SSSR count). The molecular formula is C31H34N5O5P. The average Bonchev–Trinajstić information content (AvgIpc) is 3.28. The molecule has 4 aromatic rings. The first-order valence-corrected chi connectivity index (χ1v) is 14.7. The third-order valence-electron chi connectivity index (χ3n) is 5.67. The molecular weight excluding hydrogens is 553 g/mol. The molecule has 0 atom stereocenters. The Hall–Kier alpha value is -4.13. The van der Waals surface area contributed by atoms with Crippen molar-refractivity contribution in [2.45, 2.75) is 59.5 Å². The minimum Gasteiger partial charge on any atom is -0.323 e. The summed E-state index contributed by atoms with van der Waals surface area (Å²) >= 11 is 0. The molecule has 0 saturated heterocycles. The van der Waals surface area contributed by atoms with Crippen LogP contribution in [0.2, 0.25) is 0 Å². The Morgan fingerprint density at radius 1 is 1.05 bits per heavy atom. The van der Waals surface area contributed by atoms with Gasteiger partial charge in [0.1, 0.15) is 24.1 Å². The van der Waals surface area contributed by atoms with E-state index in [0.29, 0.717) is 11.3 Å². The van der Waals surface area contributed by atoms with E-state index >= 15 is 0 Å². The summed E-state index contributed by atoms with van der Waals surface area (Å²) < 4.78 is 32.8. The van der Waals surface area contributed by atoms with Gasteiger partial charge in [-0.15, -0.1) is 0 Å². The number of nitriles is 1. The highest BCUT2D eigenvalue weighted by atomic mass is 31.2. The quantitative estimate of drug-likeness (QED) is 0.158. The van der Waals surface area contributed by atoms with Crippen LogP contribution >= 0.6 is 7.82 Å². The number of amides is 1. The molecule has 10 nitrogen and oxygen atoms in total. The first-order valence-electron chi connectivity index (χ1n) is 13.2. The molecule has 1 amide bonds. The van der Waals surface area contributed by atoms with Crippen LogP contribution in [0.3, 0.4) is 0 Å². The largest absolute Gasteiger partial charge is 0.477 e. The maximum atomic E-state index is 13.7. The van der Waals surface area contributed by atoms with Crippen molar-refractivity contribution < 1.29 is 22.9 Å². The molecule has 0 aliphatic heterocycles. The Kier molecular flexibility index (Phi) is 8.81. The molecule has 0 saturated carbocycles. The van der Waals surface area contributed by atoms with Gasteiger partial charge in [-0.05, 0) is 89.1 Å². The third kappa shape index (κ3) is 7.78. The number of fused-ring (bicyclic) bond motifs is 1. The van der Waals surface area contributed by atoms with Gasteiger partial charge in [0.05, 0.1) is 11.2 Å². The lowest BCUT2D eigenvalue weighted by molar-refractivity contribution is -0.111. The van der Waals surface area contributed by atoms with Crippen LogP contribution in [0.1, 0.15) is 47.2 Å². The molecule has 11 heteroatoms. The van der Waals surface area contributed by atoms with Crippen LogP contribution in [0.25, 0.3) is 33.3 Å². The monoisotopic (exact) mass is 587 g/mol. The normalized spacial score (nSPS) is 12.2. The summed E-state index contributed by atoms with van der Waals surface area (Å²) in [6.07, 6.45) is 6.30. The van der Waals surface area contributed by atoms with Crippen molar-refractivity contribution in [1.29, 1.82) is 5.26 Å². The summed E-state index contributed by atoms with van der Waals surface area (Å²) in [5, 5.41) is 13.0. The highest BCUT2D eigenvalue weighted by molar-refractivity contribution is 7.48. The number of hydrogen-bond donors (Lipinski definition) is 1. The molecule has 0 unspecified atom stereocenters. The van der Waals surface area contributed by atoms with E-state index < -0.39 is 19.0 Å². The smallest absolute Gasteiger partial charge is 0.323 e. The first-order chi connectivity index (χ1) is 19.7. The fraction of sp³-hybridized carbons (Fsp3) is 0.290. The summed E-state index contributed by atoms with van der Waals surface area (Å²) in [5.41, 5.74) is 2.99. The molecule has 0 radical (unpaired) electrons. The van der Waals surface area contributed by atoms with Crippen molar-refractivity contribution in [2.75, 3.05) is 5.32 Å². The number of phosphoric ester groups is 1. The number of carbonyl (C=O) groups is 1. The second-order valence-corrected chi connectivity index (χ2v) is 13.1. The van der Waals surface area contributed by atoms with Gasteiger partial charge < -0.3 is 9.88 Å². The number of aromatic nitrogens is 3. The molecule has 3 heterocycles. The molecule has 218 valence electrons. The number of anilines is 1. The number of nitrogens with one attached hydrogen (secondary N) is 1. The fourth-order valence-corrected chi connectivity index (χ4v) is 5.91. The van der Waals surface area contributed by atoms with Gasteiger partial charge in [-0.2, -0.15) is 5.26 Å². The van der Waals surface area contributed by atoms with Crippen LogP contribution in [-0.2, 0) is 29.7 Å². The van der Waals surface area contributed by atoms with Gasteiger partial charge in [0.2, 0.25) is 5.91 Å². The minimum atomic E-state index is -4.00. The summed E-state index contributed by atoms with van der Waals surface area (Å²) in [5.74, 6) is -0.311. The maximum absolute atomic E-state index is 13.7. The molecule has 0 spiro atoms. The number of rotatable bonds is 9. The van der Waals surface area contributed by atoms with Crippen molar-refractivity contribution >= 4 is 30.5 Å². The van der Waals surface area contributed by atoms with Gasteiger partial charge in [-0.1, -0.05) is 18.7 Å². The Morgan fingerprint density at radius 2 is 1.76 bits per heavy atom. The van der Waals surface area contributed by atoms with Crippen LogP contribution in [-0.4, -0.2) is 31.6 Å². The van der Waals surface area contributed by atoms with Crippen molar-refractivity contribution in [2.24, 2.45) is 0 Å². The van der Waals surface area contributed by atoms with E-state index in [0.717, 1.165) is 27.6 Å². The zero-order chi connectivity index (χ0) is 30.7. The fourth-order valence-electron chi connectivity index (χ4n) is 4.16. The second kappa shape index (κ2) is 12.0. The molecule has 1 aromatic carbocycles. The molecule has 1 N–H and O–H groups in total. The van der Waals surface area contributed by atoms with E-state index in [1.807, 2.05) is 30.5 Å². The molecule has 0 aliphatic rings. The average molecular weight is 588 g/mol. The predicted octanol–water partition coefficient (Wildman–Crippen LogP) is 7.47. The first kappa shape index (κ1) is 30.8. The van der Waals surface area contributed by atoms with Crippen molar-refractivity contribution in [3.8, 4) is 28.3 Å². The Bertz CT molecular complexity index is 1710. The Balaban J connectivity index is 1.80. The zero-order valence-corrected chi connectivity index (χ0v) is 25.4. The topological polar surface area (TPSA) is 128 Å². The highest BCUT2D eigenvalue weighted by Crippen LogP contribution is 2.55. The van der Waals surface area contributed by atoms with Crippen molar-refractivity contribution in [3.05, 3.63) is 79.4 Å². The SMILES string of the molecule is C=CC(=O)Nc1cccc(-c2cnc3c(c2)c(-c2ccnc(C#N)c2)cn3COP(=O)(OC(C)(C)C)OC(C)(C)C)c1. The molecule has 0 aliphatic carbocycles. The summed E-state index contributed by atoms with van der Waals surface area (Å²) in [6.45, 7) is 14.0. The summed E-state index contributed by atoms with van der Waals surface area (Å²) in [4.78, 5) is 20.6. The van der Waals surface area contributed by atoms with E-state index in [2.05, 4.69) is 22.9 Å². The molecule has 42 heavy (non-hydrogen) atoms. The number of nitrogens with zero attached hydrogens (tertiary/aromatic N) is 4. The van der Waals surface area contributed by atoms with E-state index in [1.165, 1.54) is 6.08 Å². The number of phosphoric acid groups is 1. The van der Waals surface area contributed by atoms with E-state index in [9.17, 15) is 14.6 Å². The van der Waals surface area contributed by atoms with Gasteiger partial charge in [0.15, 0.2) is 0 Å². The van der Waals surface area contributed by atoms with Crippen molar-refractivity contribution in [1.82, 2.24) is 14.5 Å². The highest BCUT2D eigenvalue weighted by Gasteiger charge is 2.37. The zero-order valence-electron chi connectivity index (χ0n) is 24.5. The van der Waals surface area contributed by atoms with E-state index in [1.54, 1.807) is 76.7 Å². The van der Waals surface area contributed by atoms with Gasteiger partial charge in [-0.25, -0.2) is 14.5 Å². The molecule has 0 fully saturated rings. The standard InChI is InChI=1S/C31H34N5O5P/c1-8-28(37)35-24-11-9-10-21(14-24)23-16-26-27(22-12-13-33-25(15-22)17-32)19-36(29(26)34-18-23)20-39-42(38,40-30(2,3)4)41-31(5,6)7/h8-16,18-19H,1,20H2,2-7H3,(H,35,37). The van der Waals surface area contributed by atoms with Crippen LogP contribution in [0.5, 0.6) is 0 Å². The van der Waals surface area contributed by atoms with Gasteiger partial charge >= 0.3 is 7.82 Å². The lowest BCUT2D eigenvalue weighted by atomic mass is 10.0. The van der Waals surface area contributed by atoms with E-state index in [4.69, 9.17) is 18.6 Å². The molecule has 0 bridgehead atoms. The van der Waals surface area contributed by atoms with E-state index in [-0.39, 0.29) is 18.3 Å².